The minimum atomic E-state index is -5.03. The topological polar surface area (TPSA) is 77.0 Å². The lowest BCUT2D eigenvalue weighted by Gasteiger charge is -2.14. The maximum Gasteiger partial charge on any atom is 0.416 e. The molecule has 0 bridgehead atoms. The van der Waals surface area contributed by atoms with Crippen LogP contribution in [0.4, 0.5) is 26.3 Å². The Hall–Kier alpha value is -3.54. The summed E-state index contributed by atoms with van der Waals surface area (Å²) in [4.78, 5) is 20.3. The van der Waals surface area contributed by atoms with Gasteiger partial charge in [0.15, 0.2) is 21.4 Å². The molecule has 37 heavy (non-hydrogen) atoms. The second kappa shape index (κ2) is 9.40. The van der Waals surface area contributed by atoms with Gasteiger partial charge in [-0.1, -0.05) is 12.1 Å². The quantitative estimate of drug-likeness (QED) is 0.273. The van der Waals surface area contributed by atoms with Gasteiger partial charge in [0.2, 0.25) is 0 Å². The normalized spacial score (nSPS) is 15.1. The third kappa shape index (κ3) is 5.90. The summed E-state index contributed by atoms with van der Waals surface area (Å²) in [7, 11) is -3.44. The summed E-state index contributed by atoms with van der Waals surface area (Å²) < 4.78 is 104. The summed E-state index contributed by atoms with van der Waals surface area (Å²) in [5.41, 5.74) is -2.99. The average molecular weight is 540 g/mol. The van der Waals surface area contributed by atoms with Crippen molar-refractivity contribution in [3.05, 3.63) is 77.1 Å². The third-order valence-corrected chi connectivity index (χ3v) is 7.93. The highest BCUT2D eigenvalue weighted by molar-refractivity contribution is 7.92. The van der Waals surface area contributed by atoms with Gasteiger partial charge < -0.3 is 0 Å². The zero-order valence-corrected chi connectivity index (χ0v) is 19.9. The van der Waals surface area contributed by atoms with E-state index in [4.69, 9.17) is 0 Å². The number of rotatable bonds is 6. The van der Waals surface area contributed by atoms with Crippen LogP contribution in [0, 0.1) is 0 Å². The van der Waals surface area contributed by atoms with Gasteiger partial charge in [0.05, 0.1) is 27.0 Å². The number of allylic oxidation sites excluding steroid dienone is 1. The molecule has 1 aliphatic carbocycles. The van der Waals surface area contributed by atoms with E-state index >= 15 is 0 Å². The van der Waals surface area contributed by atoms with Crippen LogP contribution in [-0.2, 0) is 27.0 Å². The lowest BCUT2D eigenvalue weighted by Crippen LogP contribution is -2.11. The van der Waals surface area contributed by atoms with Crippen LogP contribution in [-0.4, -0.2) is 29.4 Å². The Kier molecular flexibility index (Phi) is 6.74. The lowest BCUT2D eigenvalue weighted by atomic mass is 10.0. The van der Waals surface area contributed by atoms with Gasteiger partial charge in [-0.3, -0.25) is 4.79 Å². The van der Waals surface area contributed by atoms with Crippen molar-refractivity contribution in [2.75, 3.05) is 0 Å². The Bertz CT molecular complexity index is 1460. The summed E-state index contributed by atoms with van der Waals surface area (Å²) in [6.45, 7) is 1.26. The molecular weight excluding hydrogens is 522 g/mol. The molecule has 1 heterocycles. The first-order valence-electron chi connectivity index (χ1n) is 10.9. The first-order chi connectivity index (χ1) is 17.2. The van der Waals surface area contributed by atoms with Crippen molar-refractivity contribution in [1.29, 1.82) is 0 Å². The number of nitrogens with zero attached hydrogens (tertiary/aromatic N) is 2. The zero-order chi connectivity index (χ0) is 27.2. The van der Waals surface area contributed by atoms with Crippen LogP contribution >= 0.6 is 0 Å². The minimum Gasteiger partial charge on any atom is -0.294 e. The van der Waals surface area contributed by atoms with E-state index in [0.717, 1.165) is 6.20 Å². The molecular formula is C25H18F6N2O3S. The van der Waals surface area contributed by atoms with Crippen molar-refractivity contribution < 1.29 is 39.6 Å². The SMILES string of the molecule is CC(=O)/C(=C/c1ccnc(-c2cc(C(F)(F)F)cc(C(F)(F)F)c2)n1)c1ccc(S(=O)(=O)C2CC2)cc1. The molecule has 0 unspecified atom stereocenters. The predicted molar refractivity (Wildman–Crippen MR) is 123 cm³/mol. The summed E-state index contributed by atoms with van der Waals surface area (Å²) in [5.74, 6) is -0.824. The third-order valence-electron chi connectivity index (χ3n) is 5.65. The fourth-order valence-electron chi connectivity index (χ4n) is 3.61. The van der Waals surface area contributed by atoms with Crippen LogP contribution in [0.1, 0.15) is 42.1 Å². The van der Waals surface area contributed by atoms with Crippen molar-refractivity contribution >= 4 is 27.3 Å². The molecule has 194 valence electrons. The Morgan fingerprint density at radius 3 is 1.97 bits per heavy atom. The standard InChI is InChI=1S/C25H18F6N2O3S/c1-14(34)22(15-2-4-20(5-3-15)37(35,36)21-6-7-21)13-19-8-9-32-23(33-19)16-10-17(24(26,27)28)12-18(11-16)25(29,30)31/h2-5,8-13,21H,6-7H2,1H3/b22-13-. The van der Waals surface area contributed by atoms with Gasteiger partial charge in [0.25, 0.3) is 0 Å². The Morgan fingerprint density at radius 1 is 0.919 bits per heavy atom. The molecule has 0 radical (unpaired) electrons. The number of sulfone groups is 1. The van der Waals surface area contributed by atoms with Crippen molar-refractivity contribution in [1.82, 2.24) is 9.97 Å². The molecule has 1 aliphatic rings. The van der Waals surface area contributed by atoms with Crippen LogP contribution in [0.15, 0.2) is 59.6 Å². The van der Waals surface area contributed by atoms with Crippen molar-refractivity contribution in [2.45, 2.75) is 42.3 Å². The number of ketones is 1. The maximum absolute atomic E-state index is 13.2. The molecule has 0 spiro atoms. The van der Waals surface area contributed by atoms with Crippen LogP contribution < -0.4 is 0 Å². The number of halogens is 6. The van der Waals surface area contributed by atoms with E-state index in [2.05, 4.69) is 9.97 Å². The number of aromatic nitrogens is 2. The van der Waals surface area contributed by atoms with Crippen LogP contribution in [0.5, 0.6) is 0 Å². The Morgan fingerprint density at radius 2 is 1.49 bits per heavy atom. The zero-order valence-electron chi connectivity index (χ0n) is 19.1. The number of carbonyl (C=O) groups excluding carboxylic acids is 1. The second-order valence-corrected chi connectivity index (χ2v) is 10.7. The first kappa shape index (κ1) is 26.5. The molecule has 1 saturated carbocycles. The monoisotopic (exact) mass is 540 g/mol. The molecule has 2 aromatic carbocycles. The molecule has 12 heteroatoms. The van der Waals surface area contributed by atoms with Crippen LogP contribution in [0.25, 0.3) is 23.0 Å². The van der Waals surface area contributed by atoms with E-state index in [1.54, 1.807) is 0 Å². The summed E-state index contributed by atoms with van der Waals surface area (Å²) in [5, 5.41) is -0.408. The molecule has 0 atom stereocenters. The van der Waals surface area contributed by atoms with E-state index in [9.17, 15) is 39.6 Å². The number of carbonyl (C=O) groups is 1. The van der Waals surface area contributed by atoms with Gasteiger partial charge in [-0.05, 0) is 67.8 Å². The molecule has 1 aromatic heterocycles. The molecule has 3 aromatic rings. The van der Waals surface area contributed by atoms with Gasteiger partial charge in [-0.2, -0.15) is 26.3 Å². The molecule has 0 aliphatic heterocycles. The van der Waals surface area contributed by atoms with E-state index in [1.807, 2.05) is 0 Å². The average Bonchev–Trinajstić information content (AvgIpc) is 3.68. The number of benzene rings is 2. The van der Waals surface area contributed by atoms with Crippen molar-refractivity contribution in [3.8, 4) is 11.4 Å². The Labute approximate surface area is 207 Å². The molecule has 0 N–H and O–H groups in total. The van der Waals surface area contributed by atoms with Gasteiger partial charge >= 0.3 is 12.4 Å². The smallest absolute Gasteiger partial charge is 0.294 e. The van der Waals surface area contributed by atoms with Gasteiger partial charge in [0, 0.05) is 17.3 Å². The summed E-state index contributed by atoms with van der Waals surface area (Å²) >= 11 is 0. The second-order valence-electron chi connectivity index (χ2n) is 8.48. The first-order valence-corrected chi connectivity index (χ1v) is 12.4. The highest BCUT2D eigenvalue weighted by Gasteiger charge is 2.38. The molecule has 0 amide bonds. The highest BCUT2D eigenvalue weighted by atomic mass is 32.2. The van der Waals surface area contributed by atoms with Crippen LogP contribution in [0.3, 0.4) is 0 Å². The summed E-state index contributed by atoms with van der Waals surface area (Å²) in [6.07, 6.45) is -6.44. The molecule has 1 fully saturated rings. The fraction of sp³-hybridized carbons (Fsp3) is 0.240. The van der Waals surface area contributed by atoms with Gasteiger partial charge in [-0.15, -0.1) is 0 Å². The van der Waals surface area contributed by atoms with Crippen molar-refractivity contribution in [3.63, 3.8) is 0 Å². The summed E-state index contributed by atoms with van der Waals surface area (Å²) in [6, 6.07) is 8.04. The molecule has 5 nitrogen and oxygen atoms in total. The molecule has 0 saturated heterocycles. The van der Waals surface area contributed by atoms with E-state index < -0.39 is 55.7 Å². The minimum absolute atomic E-state index is 0.00813. The molecule has 4 rings (SSSR count). The largest absolute Gasteiger partial charge is 0.416 e. The Balaban J connectivity index is 1.74. The van der Waals surface area contributed by atoms with E-state index in [0.29, 0.717) is 30.5 Å². The van der Waals surface area contributed by atoms with Crippen LogP contribution in [0.2, 0.25) is 0 Å². The van der Waals surface area contributed by atoms with E-state index in [-0.39, 0.29) is 22.2 Å². The number of hydrogen-bond donors (Lipinski definition) is 0. The van der Waals surface area contributed by atoms with E-state index in [1.165, 1.54) is 43.3 Å². The fourth-order valence-corrected chi connectivity index (χ4v) is 5.26. The number of alkyl halides is 6. The van der Waals surface area contributed by atoms with Gasteiger partial charge in [0.1, 0.15) is 0 Å². The van der Waals surface area contributed by atoms with Gasteiger partial charge in [-0.25, -0.2) is 18.4 Å². The predicted octanol–water partition coefficient (Wildman–Crippen LogP) is 6.25. The van der Waals surface area contributed by atoms with Crippen molar-refractivity contribution in [2.24, 2.45) is 0 Å². The number of Topliss-reactive ketones (excluding diaryl/α,β-unsaturated/α-hetero) is 1. The maximum atomic E-state index is 13.2. The lowest BCUT2D eigenvalue weighted by molar-refractivity contribution is -0.143. The highest BCUT2D eigenvalue weighted by Crippen LogP contribution is 2.38. The number of hydrogen-bond acceptors (Lipinski definition) is 5.